The van der Waals surface area contributed by atoms with Crippen molar-refractivity contribution in [1.82, 2.24) is 4.98 Å². The summed E-state index contributed by atoms with van der Waals surface area (Å²) >= 11 is 0. The fourth-order valence-electron chi connectivity index (χ4n) is 6.19. The molecule has 8 nitrogen and oxygen atoms in total. The average molecular weight is 586 g/mol. The van der Waals surface area contributed by atoms with Crippen LogP contribution in [-0.4, -0.2) is 63.0 Å². The molecule has 41 heavy (non-hydrogen) atoms. The predicted molar refractivity (Wildman–Crippen MR) is 160 cm³/mol. The number of nitrogens with one attached hydrogen (secondary N) is 2. The summed E-state index contributed by atoms with van der Waals surface area (Å²) in [5.74, 6) is -2.33. The second-order valence-electron chi connectivity index (χ2n) is 11.9. The van der Waals surface area contributed by atoms with Gasteiger partial charge in [-0.25, -0.2) is 22.2 Å². The molecule has 3 fully saturated rings. The number of benzene rings is 2. The highest BCUT2D eigenvalue weighted by molar-refractivity contribution is 7.92. The number of alkyl halides is 2. The van der Waals surface area contributed by atoms with Crippen LogP contribution in [0.2, 0.25) is 0 Å². The molecule has 6 rings (SSSR count). The van der Waals surface area contributed by atoms with Crippen LogP contribution in [0.25, 0.3) is 10.8 Å². The zero-order chi connectivity index (χ0) is 28.8. The van der Waals surface area contributed by atoms with Crippen LogP contribution in [-0.2, 0) is 10.0 Å². The van der Waals surface area contributed by atoms with Gasteiger partial charge in [-0.3, -0.25) is 4.72 Å². The van der Waals surface area contributed by atoms with Crippen LogP contribution in [0.5, 0.6) is 0 Å². The van der Waals surface area contributed by atoms with E-state index in [4.69, 9.17) is 4.98 Å². The molecule has 3 aliphatic rings. The van der Waals surface area contributed by atoms with Gasteiger partial charge < -0.3 is 20.2 Å². The molecule has 0 amide bonds. The van der Waals surface area contributed by atoms with Gasteiger partial charge in [0.25, 0.3) is 5.92 Å². The highest BCUT2D eigenvalue weighted by atomic mass is 32.2. The van der Waals surface area contributed by atoms with Crippen molar-refractivity contribution < 1.29 is 22.3 Å². The second kappa shape index (κ2) is 10.6. The number of fused-ring (bicyclic) bond motifs is 1. The number of aromatic nitrogens is 1. The Bertz CT molecular complexity index is 1540. The number of nitrogens with zero attached hydrogens (tertiary/aromatic N) is 3. The Kier molecular flexibility index (Phi) is 7.22. The van der Waals surface area contributed by atoms with Crippen LogP contribution < -0.4 is 19.8 Å². The number of hydrogen-bond donors (Lipinski definition) is 3. The number of anilines is 5. The standard InChI is InChI=1S/C30H37F2N5O3S/c1-21-16-23(19-25(17-21)36-12-7-30(31,32)8-13-36)34-28-27-22(2-9-33-28)18-24(35-41(39,40)15-14-38)20-26(27)37-10-5-29(3-4-29)6-11-37/h2,9,16-20,35,38H,3-8,10-15H2,1H3,(H,33,34). The van der Waals surface area contributed by atoms with Gasteiger partial charge in [0, 0.05) is 62.0 Å². The molecule has 3 heterocycles. The quantitative estimate of drug-likeness (QED) is 0.315. The first-order chi connectivity index (χ1) is 19.5. The normalized spacial score (nSPS) is 19.9. The number of halogens is 2. The van der Waals surface area contributed by atoms with Crippen LogP contribution in [0, 0.1) is 12.3 Å². The zero-order valence-electron chi connectivity index (χ0n) is 23.3. The first-order valence-corrected chi connectivity index (χ1v) is 16.0. The van der Waals surface area contributed by atoms with Gasteiger partial charge >= 0.3 is 0 Å². The highest BCUT2D eigenvalue weighted by Gasteiger charge is 2.44. The molecular formula is C30H37F2N5O3S. The summed E-state index contributed by atoms with van der Waals surface area (Å²) in [6.07, 6.45) is 6.16. The van der Waals surface area contributed by atoms with Crippen LogP contribution in [0.1, 0.15) is 44.1 Å². The van der Waals surface area contributed by atoms with Crippen LogP contribution >= 0.6 is 0 Å². The maximum absolute atomic E-state index is 13.8. The molecule has 3 aromatic rings. The maximum atomic E-state index is 13.8. The average Bonchev–Trinajstić information content (AvgIpc) is 3.66. The number of aliphatic hydroxyl groups is 1. The first-order valence-electron chi connectivity index (χ1n) is 14.3. The molecule has 1 saturated carbocycles. The van der Waals surface area contributed by atoms with Crippen molar-refractivity contribution in [2.24, 2.45) is 5.41 Å². The predicted octanol–water partition coefficient (Wildman–Crippen LogP) is 5.64. The molecule has 2 aromatic carbocycles. The third-order valence-corrected chi connectivity index (χ3v) is 10.0. The van der Waals surface area contributed by atoms with Gasteiger partial charge in [-0.1, -0.05) is 0 Å². The van der Waals surface area contributed by atoms with E-state index in [1.807, 2.05) is 42.2 Å². The van der Waals surface area contributed by atoms with Gasteiger partial charge in [-0.15, -0.1) is 0 Å². The van der Waals surface area contributed by atoms with Crippen molar-refractivity contribution in [3.8, 4) is 0 Å². The van der Waals surface area contributed by atoms with E-state index in [2.05, 4.69) is 14.9 Å². The Hall–Kier alpha value is -3.18. The topological polar surface area (TPSA) is 97.8 Å². The number of rotatable bonds is 8. The zero-order valence-corrected chi connectivity index (χ0v) is 24.1. The number of pyridine rings is 1. The molecule has 0 atom stereocenters. The Morgan fingerprint density at radius 1 is 0.927 bits per heavy atom. The lowest BCUT2D eigenvalue weighted by atomic mass is 9.93. The summed E-state index contributed by atoms with van der Waals surface area (Å²) in [4.78, 5) is 9.02. The summed E-state index contributed by atoms with van der Waals surface area (Å²) < 4.78 is 55.2. The van der Waals surface area contributed by atoms with E-state index in [1.54, 1.807) is 12.3 Å². The van der Waals surface area contributed by atoms with Crippen molar-refractivity contribution in [1.29, 1.82) is 0 Å². The van der Waals surface area contributed by atoms with Crippen molar-refractivity contribution in [3.05, 3.63) is 48.2 Å². The molecule has 220 valence electrons. The summed E-state index contributed by atoms with van der Waals surface area (Å²) in [5, 5.41) is 14.4. The lowest BCUT2D eigenvalue weighted by molar-refractivity contribution is -0.0220. The van der Waals surface area contributed by atoms with Crippen molar-refractivity contribution in [2.75, 3.05) is 58.4 Å². The lowest BCUT2D eigenvalue weighted by Crippen LogP contribution is -2.39. The number of aliphatic hydroxyl groups excluding tert-OH is 1. The number of hydrogen-bond acceptors (Lipinski definition) is 7. The monoisotopic (exact) mass is 585 g/mol. The molecule has 0 radical (unpaired) electrons. The molecule has 1 spiro atoms. The minimum atomic E-state index is -3.70. The number of sulfonamides is 1. The van der Waals surface area contributed by atoms with Crippen LogP contribution in [0.3, 0.4) is 0 Å². The summed E-state index contributed by atoms with van der Waals surface area (Å²) in [6.45, 7) is 3.90. The summed E-state index contributed by atoms with van der Waals surface area (Å²) in [5.41, 5.74) is 4.55. The minimum absolute atomic E-state index is 0.153. The Morgan fingerprint density at radius 3 is 2.32 bits per heavy atom. The first kappa shape index (κ1) is 28.0. The van der Waals surface area contributed by atoms with E-state index in [9.17, 15) is 22.3 Å². The van der Waals surface area contributed by atoms with Crippen molar-refractivity contribution in [3.63, 3.8) is 0 Å². The highest BCUT2D eigenvalue weighted by Crippen LogP contribution is 2.54. The van der Waals surface area contributed by atoms with E-state index in [0.29, 0.717) is 30.0 Å². The lowest BCUT2D eigenvalue weighted by Gasteiger charge is -2.35. The maximum Gasteiger partial charge on any atom is 0.251 e. The summed E-state index contributed by atoms with van der Waals surface area (Å²) in [6, 6.07) is 11.5. The molecule has 2 saturated heterocycles. The van der Waals surface area contributed by atoms with Crippen molar-refractivity contribution in [2.45, 2.75) is 51.4 Å². The largest absolute Gasteiger partial charge is 0.395 e. The van der Waals surface area contributed by atoms with E-state index >= 15 is 0 Å². The van der Waals surface area contributed by atoms with Gasteiger partial charge in [0.15, 0.2) is 0 Å². The Labute approximate surface area is 239 Å². The second-order valence-corrected chi connectivity index (χ2v) is 13.8. The Balaban J connectivity index is 1.36. The number of piperidine rings is 2. The SMILES string of the molecule is Cc1cc(Nc2nccc3cc(NS(=O)(=O)CCO)cc(N4CCC5(CC4)CC5)c23)cc(N2CCC(F)(F)CC2)c1. The van der Waals surface area contributed by atoms with Crippen LogP contribution in [0.15, 0.2) is 42.6 Å². The van der Waals surface area contributed by atoms with Gasteiger partial charge in [0.05, 0.1) is 23.7 Å². The van der Waals surface area contributed by atoms with E-state index in [-0.39, 0.29) is 18.6 Å². The summed E-state index contributed by atoms with van der Waals surface area (Å²) in [7, 11) is -3.70. The minimum Gasteiger partial charge on any atom is -0.395 e. The molecule has 3 N–H and O–H groups in total. The molecular weight excluding hydrogens is 548 g/mol. The van der Waals surface area contributed by atoms with Gasteiger partial charge in [-0.05, 0) is 85.4 Å². The van der Waals surface area contributed by atoms with E-state index in [0.717, 1.165) is 59.3 Å². The van der Waals surface area contributed by atoms with E-state index < -0.39 is 22.6 Å². The van der Waals surface area contributed by atoms with Gasteiger partial charge in [0.2, 0.25) is 10.0 Å². The third kappa shape index (κ3) is 6.21. The molecule has 0 unspecified atom stereocenters. The van der Waals surface area contributed by atoms with E-state index in [1.165, 1.54) is 12.8 Å². The molecule has 11 heteroatoms. The number of aryl methyl sites for hydroxylation is 1. The third-order valence-electron chi connectivity index (χ3n) is 8.78. The molecule has 2 aliphatic heterocycles. The Morgan fingerprint density at radius 2 is 1.63 bits per heavy atom. The smallest absolute Gasteiger partial charge is 0.251 e. The van der Waals surface area contributed by atoms with Gasteiger partial charge in [0.1, 0.15) is 5.82 Å². The fourth-order valence-corrected chi connectivity index (χ4v) is 7.01. The van der Waals surface area contributed by atoms with Gasteiger partial charge in [-0.2, -0.15) is 0 Å². The van der Waals surface area contributed by atoms with Crippen LogP contribution in [0.4, 0.5) is 37.3 Å². The van der Waals surface area contributed by atoms with Crippen molar-refractivity contribution >= 4 is 49.4 Å². The molecule has 0 bridgehead atoms. The fraction of sp³-hybridized carbons (Fsp3) is 0.500. The molecule has 1 aliphatic carbocycles. The molecule has 1 aromatic heterocycles.